The summed E-state index contributed by atoms with van der Waals surface area (Å²) in [6, 6.07) is 16.8. The minimum absolute atomic E-state index is 0.112. The smallest absolute Gasteiger partial charge is 0.252 e. The van der Waals surface area contributed by atoms with Crippen LogP contribution in [0.4, 0.5) is 0 Å². The SMILES string of the molecule is N#Cc1ccccc1C(=O)NC1CCC1c1ccc(Cl)cc1. The lowest BCUT2D eigenvalue weighted by Crippen LogP contribution is -2.45. The molecule has 2 unspecified atom stereocenters. The molecule has 3 nitrogen and oxygen atoms in total. The average molecular weight is 311 g/mol. The van der Waals surface area contributed by atoms with Crippen LogP contribution in [0, 0.1) is 11.3 Å². The van der Waals surface area contributed by atoms with Crippen LogP contribution in [-0.2, 0) is 0 Å². The molecule has 2 atom stereocenters. The highest BCUT2D eigenvalue weighted by Gasteiger charge is 2.33. The second-order valence-electron chi connectivity index (χ2n) is 5.47. The van der Waals surface area contributed by atoms with Crippen LogP contribution in [0.2, 0.25) is 5.02 Å². The molecule has 4 heteroatoms. The van der Waals surface area contributed by atoms with Crippen LogP contribution < -0.4 is 5.32 Å². The standard InChI is InChI=1S/C18H15ClN2O/c19-14-7-5-12(6-8-14)15-9-10-17(15)21-18(22)16-4-2-1-3-13(16)11-20/h1-8,15,17H,9-10H2,(H,21,22). The van der Waals surface area contributed by atoms with Crippen molar-refractivity contribution in [2.45, 2.75) is 24.8 Å². The molecule has 0 aliphatic heterocycles. The molecule has 1 amide bonds. The molecule has 3 rings (SSSR count). The number of amides is 1. The monoisotopic (exact) mass is 310 g/mol. The normalized spacial score (nSPS) is 19.8. The zero-order valence-corrected chi connectivity index (χ0v) is 12.7. The lowest BCUT2D eigenvalue weighted by Gasteiger charge is -2.37. The Bertz CT molecular complexity index is 733. The van der Waals surface area contributed by atoms with Gasteiger partial charge in [0.25, 0.3) is 5.91 Å². The van der Waals surface area contributed by atoms with Crippen molar-refractivity contribution in [1.82, 2.24) is 5.32 Å². The average Bonchev–Trinajstić information content (AvgIpc) is 2.53. The van der Waals surface area contributed by atoms with Crippen LogP contribution in [0.15, 0.2) is 48.5 Å². The number of rotatable bonds is 3. The molecule has 0 bridgehead atoms. The van der Waals surface area contributed by atoms with E-state index in [1.807, 2.05) is 24.3 Å². The molecular weight excluding hydrogens is 296 g/mol. The fraction of sp³-hybridized carbons (Fsp3) is 0.222. The molecule has 0 saturated heterocycles. The van der Waals surface area contributed by atoms with Gasteiger partial charge in [-0.25, -0.2) is 0 Å². The van der Waals surface area contributed by atoms with Gasteiger partial charge in [-0.2, -0.15) is 5.26 Å². The van der Waals surface area contributed by atoms with Crippen molar-refractivity contribution >= 4 is 17.5 Å². The van der Waals surface area contributed by atoms with E-state index in [2.05, 4.69) is 11.4 Å². The van der Waals surface area contributed by atoms with E-state index in [4.69, 9.17) is 16.9 Å². The zero-order valence-electron chi connectivity index (χ0n) is 11.9. The molecule has 0 spiro atoms. The number of nitrogens with zero attached hydrogens (tertiary/aromatic N) is 1. The van der Waals surface area contributed by atoms with E-state index in [1.165, 1.54) is 5.56 Å². The van der Waals surface area contributed by atoms with Gasteiger partial charge in [-0.05, 0) is 42.7 Å². The maximum Gasteiger partial charge on any atom is 0.252 e. The van der Waals surface area contributed by atoms with Crippen LogP contribution in [0.25, 0.3) is 0 Å². The maximum absolute atomic E-state index is 12.4. The van der Waals surface area contributed by atoms with E-state index in [0.717, 1.165) is 12.8 Å². The van der Waals surface area contributed by atoms with Crippen LogP contribution in [0.3, 0.4) is 0 Å². The highest BCUT2D eigenvalue weighted by atomic mass is 35.5. The first-order valence-corrected chi connectivity index (χ1v) is 7.62. The Morgan fingerprint density at radius 2 is 1.86 bits per heavy atom. The number of hydrogen-bond acceptors (Lipinski definition) is 2. The van der Waals surface area contributed by atoms with Crippen LogP contribution in [0.5, 0.6) is 0 Å². The van der Waals surface area contributed by atoms with Crippen molar-refractivity contribution in [2.24, 2.45) is 0 Å². The third-order valence-corrected chi connectivity index (χ3v) is 4.43. The van der Waals surface area contributed by atoms with E-state index in [9.17, 15) is 4.79 Å². The van der Waals surface area contributed by atoms with Crippen LogP contribution >= 0.6 is 11.6 Å². The van der Waals surface area contributed by atoms with Crippen molar-refractivity contribution in [1.29, 1.82) is 5.26 Å². The zero-order chi connectivity index (χ0) is 15.5. The van der Waals surface area contributed by atoms with E-state index in [-0.39, 0.29) is 11.9 Å². The van der Waals surface area contributed by atoms with Gasteiger partial charge in [-0.15, -0.1) is 0 Å². The highest BCUT2D eigenvalue weighted by molar-refractivity contribution is 6.30. The third kappa shape index (κ3) is 2.84. The summed E-state index contributed by atoms with van der Waals surface area (Å²) in [6.45, 7) is 0. The van der Waals surface area contributed by atoms with Crippen LogP contribution in [0.1, 0.15) is 40.2 Å². The Hall–Kier alpha value is -2.31. The summed E-state index contributed by atoms with van der Waals surface area (Å²) in [6.07, 6.45) is 2.00. The van der Waals surface area contributed by atoms with Crippen molar-refractivity contribution in [2.75, 3.05) is 0 Å². The largest absolute Gasteiger partial charge is 0.349 e. The van der Waals surface area contributed by atoms with Gasteiger partial charge in [0.05, 0.1) is 17.2 Å². The van der Waals surface area contributed by atoms with Crippen molar-refractivity contribution in [3.8, 4) is 6.07 Å². The maximum atomic E-state index is 12.4. The van der Waals surface area contributed by atoms with Crippen LogP contribution in [-0.4, -0.2) is 11.9 Å². The van der Waals surface area contributed by atoms with E-state index in [0.29, 0.717) is 22.1 Å². The molecule has 2 aromatic rings. The summed E-state index contributed by atoms with van der Waals surface area (Å²) in [5.41, 5.74) is 2.03. The van der Waals surface area contributed by atoms with Crippen molar-refractivity contribution < 1.29 is 4.79 Å². The summed E-state index contributed by atoms with van der Waals surface area (Å²) in [5, 5.41) is 12.8. The molecule has 0 heterocycles. The number of halogens is 1. The number of hydrogen-bond donors (Lipinski definition) is 1. The summed E-state index contributed by atoms with van der Waals surface area (Å²) >= 11 is 5.91. The number of nitrogens with one attached hydrogen (secondary N) is 1. The van der Waals surface area contributed by atoms with Gasteiger partial charge in [0.2, 0.25) is 0 Å². The predicted octanol–water partition coefficient (Wildman–Crippen LogP) is 3.89. The number of benzene rings is 2. The van der Waals surface area contributed by atoms with Gasteiger partial charge in [0.15, 0.2) is 0 Å². The molecule has 0 aromatic heterocycles. The second-order valence-corrected chi connectivity index (χ2v) is 5.91. The Kier molecular flexibility index (Phi) is 4.13. The summed E-state index contributed by atoms with van der Waals surface area (Å²) in [7, 11) is 0. The Balaban J connectivity index is 1.72. The van der Waals surface area contributed by atoms with E-state index >= 15 is 0 Å². The molecule has 1 saturated carbocycles. The number of carbonyl (C=O) groups is 1. The molecule has 1 aliphatic carbocycles. The molecule has 2 aromatic carbocycles. The second kappa shape index (κ2) is 6.21. The molecular formula is C18H15ClN2O. The first-order chi connectivity index (χ1) is 10.7. The molecule has 1 fully saturated rings. The van der Waals surface area contributed by atoms with Crippen molar-refractivity contribution in [3.63, 3.8) is 0 Å². The quantitative estimate of drug-likeness (QED) is 0.935. The van der Waals surface area contributed by atoms with Gasteiger partial charge < -0.3 is 5.32 Å². The number of carbonyl (C=O) groups excluding carboxylic acids is 1. The first kappa shape index (κ1) is 14.6. The highest BCUT2D eigenvalue weighted by Crippen LogP contribution is 2.37. The lowest BCUT2D eigenvalue weighted by molar-refractivity contribution is 0.0904. The predicted molar refractivity (Wildman–Crippen MR) is 85.8 cm³/mol. The minimum atomic E-state index is -0.180. The van der Waals surface area contributed by atoms with Gasteiger partial charge in [-0.3, -0.25) is 4.79 Å². The topological polar surface area (TPSA) is 52.9 Å². The van der Waals surface area contributed by atoms with Gasteiger partial charge in [-0.1, -0.05) is 35.9 Å². The number of nitriles is 1. The van der Waals surface area contributed by atoms with E-state index in [1.54, 1.807) is 24.3 Å². The lowest BCUT2D eigenvalue weighted by atomic mass is 9.75. The molecule has 110 valence electrons. The fourth-order valence-corrected chi connectivity index (χ4v) is 2.93. The molecule has 22 heavy (non-hydrogen) atoms. The van der Waals surface area contributed by atoms with E-state index < -0.39 is 0 Å². The van der Waals surface area contributed by atoms with Crippen molar-refractivity contribution in [3.05, 3.63) is 70.2 Å². The summed E-state index contributed by atoms with van der Waals surface area (Å²) in [4.78, 5) is 12.4. The Morgan fingerprint density at radius 3 is 2.50 bits per heavy atom. The first-order valence-electron chi connectivity index (χ1n) is 7.24. The molecule has 1 aliphatic rings. The summed E-state index contributed by atoms with van der Waals surface area (Å²) < 4.78 is 0. The third-order valence-electron chi connectivity index (χ3n) is 4.18. The molecule has 0 radical (unpaired) electrons. The Morgan fingerprint density at radius 1 is 1.14 bits per heavy atom. The van der Waals surface area contributed by atoms with Gasteiger partial charge in [0.1, 0.15) is 0 Å². The Labute approximate surface area is 134 Å². The van der Waals surface area contributed by atoms with Gasteiger partial charge >= 0.3 is 0 Å². The molecule has 1 N–H and O–H groups in total. The minimum Gasteiger partial charge on any atom is -0.349 e. The van der Waals surface area contributed by atoms with Gasteiger partial charge in [0, 0.05) is 17.0 Å². The summed E-state index contributed by atoms with van der Waals surface area (Å²) in [5.74, 6) is 0.135. The fourth-order valence-electron chi connectivity index (χ4n) is 2.81.